The SMILES string of the molecule is O=C(N[C@H]1CCCc2ccccc21)C1=CC=CN2CCS(=O)(=O)N=C12. The second-order valence-corrected chi connectivity index (χ2v) is 8.19. The molecule has 0 radical (unpaired) electrons. The molecule has 1 aromatic rings. The lowest BCUT2D eigenvalue weighted by molar-refractivity contribution is -0.117. The molecule has 0 unspecified atom stereocenters. The van der Waals surface area contributed by atoms with E-state index in [0.29, 0.717) is 12.1 Å². The highest BCUT2D eigenvalue weighted by Crippen LogP contribution is 2.30. The van der Waals surface area contributed by atoms with Crippen LogP contribution in [0.3, 0.4) is 0 Å². The molecule has 130 valence electrons. The third-order valence-corrected chi connectivity index (χ3v) is 5.93. The summed E-state index contributed by atoms with van der Waals surface area (Å²) in [5.41, 5.74) is 2.70. The van der Waals surface area contributed by atoms with E-state index >= 15 is 0 Å². The Labute approximate surface area is 147 Å². The summed E-state index contributed by atoms with van der Waals surface area (Å²) in [6, 6.07) is 8.07. The van der Waals surface area contributed by atoms with Crippen molar-refractivity contribution in [3.63, 3.8) is 0 Å². The van der Waals surface area contributed by atoms with Gasteiger partial charge in [-0.3, -0.25) is 4.79 Å². The molecule has 25 heavy (non-hydrogen) atoms. The lowest BCUT2D eigenvalue weighted by Crippen LogP contribution is -2.43. The maximum absolute atomic E-state index is 12.8. The minimum atomic E-state index is -3.51. The Kier molecular flexibility index (Phi) is 3.95. The summed E-state index contributed by atoms with van der Waals surface area (Å²) >= 11 is 0. The predicted octanol–water partition coefficient (Wildman–Crippen LogP) is 1.68. The van der Waals surface area contributed by atoms with Gasteiger partial charge in [0, 0.05) is 12.7 Å². The van der Waals surface area contributed by atoms with E-state index in [9.17, 15) is 13.2 Å². The van der Waals surface area contributed by atoms with Crippen LogP contribution in [0.2, 0.25) is 0 Å². The van der Waals surface area contributed by atoms with Crippen LogP contribution in [0.15, 0.2) is 52.6 Å². The zero-order chi connectivity index (χ0) is 17.4. The van der Waals surface area contributed by atoms with Gasteiger partial charge in [-0.1, -0.05) is 24.3 Å². The molecule has 4 rings (SSSR count). The van der Waals surface area contributed by atoms with E-state index in [2.05, 4.69) is 15.8 Å². The summed E-state index contributed by atoms with van der Waals surface area (Å²) in [5, 5.41) is 3.06. The van der Waals surface area contributed by atoms with E-state index < -0.39 is 10.0 Å². The van der Waals surface area contributed by atoms with E-state index in [0.717, 1.165) is 24.8 Å². The van der Waals surface area contributed by atoms with E-state index in [1.54, 1.807) is 23.3 Å². The van der Waals surface area contributed by atoms with E-state index in [4.69, 9.17) is 0 Å². The number of fused-ring (bicyclic) bond motifs is 2. The molecule has 1 aliphatic carbocycles. The van der Waals surface area contributed by atoms with Crippen LogP contribution in [0, 0.1) is 0 Å². The zero-order valence-electron chi connectivity index (χ0n) is 13.7. The molecule has 1 atom stereocenters. The van der Waals surface area contributed by atoms with Gasteiger partial charge in [0.2, 0.25) is 0 Å². The highest BCUT2D eigenvalue weighted by Gasteiger charge is 2.31. The number of amidine groups is 1. The number of amides is 1. The molecule has 3 aliphatic rings. The maximum atomic E-state index is 12.8. The van der Waals surface area contributed by atoms with Gasteiger partial charge in [-0.15, -0.1) is 4.40 Å². The molecule has 0 bridgehead atoms. The molecule has 0 aromatic heterocycles. The van der Waals surface area contributed by atoms with Crippen molar-refractivity contribution in [3.05, 3.63) is 59.3 Å². The van der Waals surface area contributed by atoms with Gasteiger partial charge in [-0.05, 0) is 42.5 Å². The van der Waals surface area contributed by atoms with Gasteiger partial charge >= 0.3 is 0 Å². The fourth-order valence-electron chi connectivity index (χ4n) is 3.53. The molecule has 2 aliphatic heterocycles. The van der Waals surface area contributed by atoms with Gasteiger partial charge < -0.3 is 10.2 Å². The number of sulfonamides is 1. The Hall–Kier alpha value is -2.41. The highest BCUT2D eigenvalue weighted by atomic mass is 32.2. The van der Waals surface area contributed by atoms with E-state index in [1.165, 1.54) is 5.56 Å². The first-order chi connectivity index (χ1) is 12.0. The second kappa shape index (κ2) is 6.15. The summed E-state index contributed by atoms with van der Waals surface area (Å²) in [5.74, 6) is -0.103. The lowest BCUT2D eigenvalue weighted by Gasteiger charge is -2.30. The Balaban J connectivity index is 1.61. The third-order valence-electron chi connectivity index (χ3n) is 4.78. The first-order valence-electron chi connectivity index (χ1n) is 8.40. The van der Waals surface area contributed by atoms with Crippen molar-refractivity contribution in [2.75, 3.05) is 12.3 Å². The van der Waals surface area contributed by atoms with Crippen LogP contribution in [0.1, 0.15) is 30.0 Å². The Bertz CT molecular complexity index is 915. The summed E-state index contributed by atoms with van der Waals surface area (Å²) < 4.78 is 27.5. The van der Waals surface area contributed by atoms with Gasteiger partial charge in [-0.2, -0.15) is 0 Å². The molecular weight excluding hydrogens is 338 g/mol. The first kappa shape index (κ1) is 16.1. The molecule has 7 heteroatoms. The minimum absolute atomic E-state index is 0.0360. The molecule has 2 heterocycles. The number of hydrogen-bond donors (Lipinski definition) is 1. The van der Waals surface area contributed by atoms with Crippen molar-refractivity contribution < 1.29 is 13.2 Å². The van der Waals surface area contributed by atoms with Crippen LogP contribution >= 0.6 is 0 Å². The topological polar surface area (TPSA) is 78.8 Å². The number of nitrogens with one attached hydrogen (secondary N) is 1. The van der Waals surface area contributed by atoms with Gasteiger partial charge in [0.15, 0.2) is 5.84 Å². The van der Waals surface area contributed by atoms with Crippen molar-refractivity contribution in [1.82, 2.24) is 10.2 Å². The molecule has 1 N–H and O–H groups in total. The van der Waals surface area contributed by atoms with Crippen LogP contribution < -0.4 is 5.32 Å². The van der Waals surface area contributed by atoms with E-state index in [-0.39, 0.29) is 23.5 Å². The number of nitrogens with zero attached hydrogens (tertiary/aromatic N) is 2. The second-order valence-electron chi connectivity index (χ2n) is 6.43. The van der Waals surface area contributed by atoms with Crippen LogP contribution in [-0.2, 0) is 21.2 Å². The van der Waals surface area contributed by atoms with Gasteiger partial charge in [-0.25, -0.2) is 8.42 Å². The molecule has 6 nitrogen and oxygen atoms in total. The fraction of sp³-hybridized carbons (Fsp3) is 0.333. The standard InChI is InChI=1S/C18H19N3O3S/c22-18(19-16-9-3-6-13-5-1-2-7-14(13)16)15-8-4-10-21-11-12-25(23,24)20-17(15)21/h1-2,4-5,7-8,10,16H,3,6,9,11-12H2,(H,19,22)/t16-/m0/s1. The van der Waals surface area contributed by atoms with Gasteiger partial charge in [0.25, 0.3) is 15.9 Å². The molecule has 0 saturated heterocycles. The monoisotopic (exact) mass is 357 g/mol. The predicted molar refractivity (Wildman–Crippen MR) is 95.4 cm³/mol. The normalized spacial score (nSPS) is 23.8. The maximum Gasteiger partial charge on any atom is 0.256 e. The van der Waals surface area contributed by atoms with Crippen molar-refractivity contribution in [1.29, 1.82) is 0 Å². The number of allylic oxidation sites excluding steroid dienone is 2. The average molecular weight is 357 g/mol. The van der Waals surface area contributed by atoms with Gasteiger partial charge in [0.1, 0.15) is 0 Å². The minimum Gasteiger partial charge on any atom is -0.345 e. The Morgan fingerprint density at radius 2 is 2.12 bits per heavy atom. The molecule has 0 saturated carbocycles. The molecule has 1 amide bonds. The molecule has 0 spiro atoms. The number of rotatable bonds is 2. The van der Waals surface area contributed by atoms with Gasteiger partial charge in [0.05, 0.1) is 17.4 Å². The number of carbonyl (C=O) groups is 1. The summed E-state index contributed by atoms with van der Waals surface area (Å²) in [7, 11) is -3.51. The number of carbonyl (C=O) groups excluding carboxylic acids is 1. The number of aryl methyl sites for hydroxylation is 1. The third kappa shape index (κ3) is 3.11. The van der Waals surface area contributed by atoms with Crippen molar-refractivity contribution >= 4 is 21.8 Å². The highest BCUT2D eigenvalue weighted by molar-refractivity contribution is 7.90. The van der Waals surface area contributed by atoms with Crippen molar-refractivity contribution in [2.24, 2.45) is 4.40 Å². The van der Waals surface area contributed by atoms with E-state index in [1.807, 2.05) is 18.2 Å². The van der Waals surface area contributed by atoms with Crippen molar-refractivity contribution in [2.45, 2.75) is 25.3 Å². The molecular formula is C18H19N3O3S. The Morgan fingerprint density at radius 3 is 3.00 bits per heavy atom. The average Bonchev–Trinajstić information content (AvgIpc) is 2.61. The van der Waals surface area contributed by atoms with Crippen LogP contribution in [0.5, 0.6) is 0 Å². The summed E-state index contributed by atoms with van der Waals surface area (Å²) in [6.45, 7) is 0.314. The lowest BCUT2D eigenvalue weighted by atomic mass is 9.87. The van der Waals surface area contributed by atoms with Crippen LogP contribution in [-0.4, -0.2) is 37.4 Å². The first-order valence-corrected chi connectivity index (χ1v) is 10.0. The number of benzene rings is 1. The summed E-state index contributed by atoms with van der Waals surface area (Å²) in [6.07, 6.45) is 8.04. The quantitative estimate of drug-likeness (QED) is 0.873. The fourth-order valence-corrected chi connectivity index (χ4v) is 4.52. The number of hydrogen-bond acceptors (Lipinski definition) is 4. The molecule has 0 fully saturated rings. The summed E-state index contributed by atoms with van der Waals surface area (Å²) in [4.78, 5) is 14.5. The Morgan fingerprint density at radius 1 is 1.28 bits per heavy atom. The van der Waals surface area contributed by atoms with Crippen molar-refractivity contribution in [3.8, 4) is 0 Å². The zero-order valence-corrected chi connectivity index (χ0v) is 14.5. The molecule has 1 aromatic carbocycles. The van der Waals surface area contributed by atoms with Crippen LogP contribution in [0.4, 0.5) is 0 Å². The van der Waals surface area contributed by atoms with Crippen LogP contribution in [0.25, 0.3) is 0 Å². The largest absolute Gasteiger partial charge is 0.345 e. The smallest absolute Gasteiger partial charge is 0.256 e.